The maximum absolute atomic E-state index is 12.3. The lowest BCUT2D eigenvalue weighted by Gasteiger charge is -2.14. The van der Waals surface area contributed by atoms with Crippen LogP contribution >= 0.6 is 11.6 Å². The molecule has 0 spiro atoms. The smallest absolute Gasteiger partial charge is 0.258 e. The second-order valence-corrected chi connectivity index (χ2v) is 7.85. The summed E-state index contributed by atoms with van der Waals surface area (Å²) >= 11 is 5.87. The van der Waals surface area contributed by atoms with E-state index in [2.05, 4.69) is 9.88 Å². The highest BCUT2D eigenvalue weighted by Gasteiger charge is 2.13. The normalized spacial score (nSPS) is 10.8. The average molecular weight is 480 g/mol. The number of imidazole rings is 1. The van der Waals surface area contributed by atoms with E-state index in [1.54, 1.807) is 24.3 Å². The first-order valence-corrected chi connectivity index (χ1v) is 11.5. The van der Waals surface area contributed by atoms with Crippen LogP contribution < -0.4 is 19.5 Å². The van der Waals surface area contributed by atoms with Crippen LogP contribution in [-0.4, -0.2) is 35.3 Å². The number of ether oxygens (including phenoxy) is 3. The molecule has 0 saturated heterocycles. The molecule has 1 heterocycles. The summed E-state index contributed by atoms with van der Waals surface area (Å²) in [5.41, 5.74) is 1.84. The second-order valence-electron chi connectivity index (χ2n) is 7.42. The first-order valence-electron chi connectivity index (χ1n) is 11.1. The molecule has 3 aromatic carbocycles. The van der Waals surface area contributed by atoms with Crippen molar-refractivity contribution < 1.29 is 19.0 Å². The minimum atomic E-state index is -0.240. The summed E-state index contributed by atoms with van der Waals surface area (Å²) in [6, 6.07) is 22.3. The lowest BCUT2D eigenvalue weighted by Crippen LogP contribution is -2.29. The Hall–Kier alpha value is -3.71. The number of hydrogen-bond donors (Lipinski definition) is 1. The van der Waals surface area contributed by atoms with Crippen LogP contribution in [0.4, 0.5) is 0 Å². The topological polar surface area (TPSA) is 74.6 Å². The first-order chi connectivity index (χ1) is 16.6. The highest BCUT2D eigenvalue weighted by atomic mass is 35.5. The zero-order valence-electron chi connectivity index (χ0n) is 18.9. The van der Waals surface area contributed by atoms with Gasteiger partial charge in [0, 0.05) is 5.02 Å². The molecular weight excluding hydrogens is 454 g/mol. The maximum Gasteiger partial charge on any atom is 0.258 e. The fraction of sp³-hybridized carbons (Fsp3) is 0.231. The predicted molar refractivity (Wildman–Crippen MR) is 132 cm³/mol. The molecule has 8 heteroatoms. The molecule has 0 unspecified atom stereocenters. The van der Waals surface area contributed by atoms with Gasteiger partial charge in [0.2, 0.25) is 0 Å². The van der Waals surface area contributed by atoms with Gasteiger partial charge in [0.05, 0.1) is 30.7 Å². The quantitative estimate of drug-likeness (QED) is 0.332. The number of nitrogens with one attached hydrogen (secondary N) is 1. The minimum Gasteiger partial charge on any atom is -0.490 e. The maximum atomic E-state index is 12.3. The molecule has 1 amide bonds. The van der Waals surface area contributed by atoms with Gasteiger partial charge in [-0.3, -0.25) is 4.79 Å². The summed E-state index contributed by atoms with van der Waals surface area (Å²) in [6.07, 6.45) is 0. The number of amides is 1. The van der Waals surface area contributed by atoms with Gasteiger partial charge in [0.25, 0.3) is 5.91 Å². The Morgan fingerprint density at radius 2 is 1.65 bits per heavy atom. The molecule has 0 aliphatic rings. The molecule has 7 nitrogen and oxygen atoms in total. The fourth-order valence-electron chi connectivity index (χ4n) is 3.51. The number of nitrogens with zero attached hydrogens (tertiary/aromatic N) is 2. The third kappa shape index (κ3) is 5.99. The largest absolute Gasteiger partial charge is 0.490 e. The molecular formula is C26H26ClN3O4. The molecule has 0 aliphatic heterocycles. The molecule has 0 aliphatic carbocycles. The Kier molecular flexibility index (Phi) is 7.88. The second kappa shape index (κ2) is 11.4. The van der Waals surface area contributed by atoms with Crippen LogP contribution in [-0.2, 0) is 17.9 Å². The summed E-state index contributed by atoms with van der Waals surface area (Å²) < 4.78 is 19.2. The number of benzene rings is 3. The van der Waals surface area contributed by atoms with Crippen LogP contribution in [0.15, 0.2) is 72.8 Å². The van der Waals surface area contributed by atoms with Gasteiger partial charge in [-0.25, -0.2) is 4.98 Å². The number of para-hydroxylation sites is 4. The van der Waals surface area contributed by atoms with E-state index in [9.17, 15) is 4.79 Å². The van der Waals surface area contributed by atoms with Crippen molar-refractivity contribution in [3.63, 3.8) is 0 Å². The van der Waals surface area contributed by atoms with Crippen molar-refractivity contribution in [2.45, 2.75) is 20.0 Å². The molecule has 34 heavy (non-hydrogen) atoms. The van der Waals surface area contributed by atoms with Gasteiger partial charge >= 0.3 is 0 Å². The molecule has 176 valence electrons. The number of aromatic nitrogens is 2. The predicted octanol–water partition coefficient (Wildman–Crippen LogP) is 4.86. The number of carbonyl (C=O) groups excluding carboxylic acids is 1. The highest BCUT2D eigenvalue weighted by molar-refractivity contribution is 6.30. The van der Waals surface area contributed by atoms with Crippen molar-refractivity contribution in [3.8, 4) is 17.2 Å². The lowest BCUT2D eigenvalue weighted by atomic mass is 10.3. The highest BCUT2D eigenvalue weighted by Crippen LogP contribution is 2.26. The van der Waals surface area contributed by atoms with E-state index < -0.39 is 0 Å². The van der Waals surface area contributed by atoms with Crippen LogP contribution in [0.25, 0.3) is 11.0 Å². The van der Waals surface area contributed by atoms with E-state index >= 15 is 0 Å². The number of rotatable bonds is 11. The van der Waals surface area contributed by atoms with Gasteiger partial charge in [-0.05, 0) is 55.5 Å². The lowest BCUT2D eigenvalue weighted by molar-refractivity contribution is -0.123. The van der Waals surface area contributed by atoms with Gasteiger partial charge in [0.1, 0.15) is 18.2 Å². The van der Waals surface area contributed by atoms with Gasteiger partial charge < -0.3 is 24.1 Å². The van der Waals surface area contributed by atoms with Crippen molar-refractivity contribution in [2.75, 3.05) is 19.8 Å². The standard InChI is InChI=1S/C26H26ClN3O4/c1-2-32-23-9-5-6-10-24(23)33-16-15-30-22-8-4-3-7-21(22)29-25(30)17-28-26(31)18-34-20-13-11-19(27)12-14-20/h3-14H,2,15-18H2,1H3,(H,28,31). The third-order valence-corrected chi connectivity index (χ3v) is 5.33. The van der Waals surface area contributed by atoms with E-state index in [1.165, 1.54) is 0 Å². The Balaban J connectivity index is 1.39. The summed E-state index contributed by atoms with van der Waals surface area (Å²) in [6.45, 7) is 3.66. The van der Waals surface area contributed by atoms with E-state index in [1.807, 2.05) is 55.5 Å². The van der Waals surface area contributed by atoms with Crippen molar-refractivity contribution in [1.82, 2.24) is 14.9 Å². The Morgan fingerprint density at radius 1 is 0.941 bits per heavy atom. The number of carbonyl (C=O) groups is 1. The summed E-state index contributed by atoms with van der Waals surface area (Å²) in [5.74, 6) is 2.49. The van der Waals surface area contributed by atoms with Gasteiger partial charge in [-0.15, -0.1) is 0 Å². The van der Waals surface area contributed by atoms with Crippen LogP contribution in [0, 0.1) is 0 Å². The van der Waals surface area contributed by atoms with E-state index in [4.69, 9.17) is 30.8 Å². The molecule has 0 radical (unpaired) electrons. The summed E-state index contributed by atoms with van der Waals surface area (Å²) in [5, 5.41) is 3.49. The SMILES string of the molecule is CCOc1ccccc1OCCn1c(CNC(=O)COc2ccc(Cl)cc2)nc2ccccc21. The Morgan fingerprint density at radius 3 is 2.41 bits per heavy atom. The summed E-state index contributed by atoms with van der Waals surface area (Å²) in [4.78, 5) is 17.0. The molecule has 4 aromatic rings. The number of hydrogen-bond acceptors (Lipinski definition) is 5. The summed E-state index contributed by atoms with van der Waals surface area (Å²) in [7, 11) is 0. The third-order valence-electron chi connectivity index (χ3n) is 5.08. The number of halogens is 1. The van der Waals surface area contributed by atoms with E-state index in [0.29, 0.717) is 42.0 Å². The first kappa shape index (κ1) is 23.4. The minimum absolute atomic E-state index is 0.0980. The molecule has 4 rings (SSSR count). The van der Waals surface area contributed by atoms with Gasteiger partial charge in [0.15, 0.2) is 18.1 Å². The molecule has 0 fully saturated rings. The van der Waals surface area contributed by atoms with Crippen molar-refractivity contribution in [3.05, 3.63) is 83.6 Å². The fourth-order valence-corrected chi connectivity index (χ4v) is 3.64. The zero-order valence-corrected chi connectivity index (χ0v) is 19.6. The molecule has 0 atom stereocenters. The van der Waals surface area contributed by atoms with Crippen molar-refractivity contribution in [2.24, 2.45) is 0 Å². The van der Waals surface area contributed by atoms with Crippen LogP contribution in [0.3, 0.4) is 0 Å². The van der Waals surface area contributed by atoms with Crippen molar-refractivity contribution >= 4 is 28.5 Å². The van der Waals surface area contributed by atoms with Crippen molar-refractivity contribution in [1.29, 1.82) is 0 Å². The van der Waals surface area contributed by atoms with Gasteiger partial charge in [-0.1, -0.05) is 35.9 Å². The molecule has 1 N–H and O–H groups in total. The van der Waals surface area contributed by atoms with E-state index in [0.717, 1.165) is 16.9 Å². The Bertz CT molecular complexity index is 1240. The molecule has 1 aromatic heterocycles. The van der Waals surface area contributed by atoms with Gasteiger partial charge in [-0.2, -0.15) is 0 Å². The van der Waals surface area contributed by atoms with Crippen LogP contribution in [0.2, 0.25) is 5.02 Å². The molecule has 0 bridgehead atoms. The monoisotopic (exact) mass is 479 g/mol. The van der Waals surface area contributed by atoms with Crippen LogP contribution in [0.5, 0.6) is 17.2 Å². The average Bonchev–Trinajstić information content (AvgIpc) is 3.21. The van der Waals surface area contributed by atoms with Crippen LogP contribution in [0.1, 0.15) is 12.7 Å². The molecule has 0 saturated carbocycles. The zero-order chi connectivity index (χ0) is 23.8. The Labute approximate surface area is 203 Å². The number of fused-ring (bicyclic) bond motifs is 1. The van der Waals surface area contributed by atoms with E-state index in [-0.39, 0.29) is 19.1 Å².